The van der Waals surface area contributed by atoms with Gasteiger partial charge in [0.2, 0.25) is 0 Å². The Hall–Kier alpha value is -3.64. The highest BCUT2D eigenvalue weighted by Gasteiger charge is 2.52. The molecule has 0 saturated heterocycles. The first-order chi connectivity index (χ1) is 19.1. The summed E-state index contributed by atoms with van der Waals surface area (Å²) in [5.74, 6) is 2.89. The van der Waals surface area contributed by atoms with Crippen LogP contribution >= 0.6 is 0 Å². The van der Waals surface area contributed by atoms with Gasteiger partial charge in [0.25, 0.3) is 0 Å². The molecule has 0 atom stereocenters. The highest BCUT2D eigenvalue weighted by molar-refractivity contribution is 5.99. The van der Waals surface area contributed by atoms with Crippen LogP contribution in [-0.4, -0.2) is 0 Å². The molecule has 0 amide bonds. The molecule has 5 aromatic rings. The molecule has 9 rings (SSSR count). The van der Waals surface area contributed by atoms with Crippen molar-refractivity contribution in [1.29, 1.82) is 0 Å². The Morgan fingerprint density at radius 1 is 0.487 bits per heavy atom. The topological polar surface area (TPSA) is 0 Å². The summed E-state index contributed by atoms with van der Waals surface area (Å²) in [6.45, 7) is 2.20. The van der Waals surface area contributed by atoms with E-state index in [1.165, 1.54) is 88.2 Å². The van der Waals surface area contributed by atoms with Gasteiger partial charge < -0.3 is 0 Å². The zero-order valence-electron chi connectivity index (χ0n) is 22.9. The maximum absolute atomic E-state index is 2.52. The molecule has 0 spiro atoms. The summed E-state index contributed by atoms with van der Waals surface area (Å²) < 4.78 is 0. The Labute approximate surface area is 232 Å². The number of hydrogen-bond donors (Lipinski definition) is 0. The van der Waals surface area contributed by atoms with Gasteiger partial charge in [-0.1, -0.05) is 103 Å². The van der Waals surface area contributed by atoms with E-state index < -0.39 is 0 Å². The van der Waals surface area contributed by atoms with Crippen molar-refractivity contribution in [3.63, 3.8) is 0 Å². The van der Waals surface area contributed by atoms with Crippen molar-refractivity contribution in [1.82, 2.24) is 0 Å². The van der Waals surface area contributed by atoms with Crippen molar-refractivity contribution < 1.29 is 0 Å². The zero-order valence-corrected chi connectivity index (χ0v) is 22.9. The van der Waals surface area contributed by atoms with E-state index in [0.717, 1.165) is 17.8 Å². The average Bonchev–Trinajstić information content (AvgIpc) is 2.96. The summed E-state index contributed by atoms with van der Waals surface area (Å²) >= 11 is 0. The third-order valence-corrected chi connectivity index (χ3v) is 10.2. The van der Waals surface area contributed by atoms with Crippen molar-refractivity contribution in [2.24, 2.45) is 17.8 Å². The summed E-state index contributed by atoms with van der Waals surface area (Å²) in [4.78, 5) is 0. The summed E-state index contributed by atoms with van der Waals surface area (Å²) in [6, 6.07) is 41.1. The van der Waals surface area contributed by atoms with Gasteiger partial charge in [-0.25, -0.2) is 0 Å². The molecule has 0 heteroatoms. The quantitative estimate of drug-likeness (QED) is 0.228. The first-order valence-corrected chi connectivity index (χ1v) is 14.9. The van der Waals surface area contributed by atoms with Crippen LogP contribution in [0.25, 0.3) is 44.2 Å². The van der Waals surface area contributed by atoms with Crippen LogP contribution in [0.15, 0.2) is 109 Å². The molecule has 4 bridgehead atoms. The number of rotatable bonds is 4. The summed E-state index contributed by atoms with van der Waals surface area (Å²) in [5, 5.41) is 2.91. The predicted octanol–water partition coefficient (Wildman–Crippen LogP) is 10.6. The molecule has 4 aliphatic carbocycles. The molecule has 0 aromatic heterocycles. The molecule has 4 saturated carbocycles. The van der Waals surface area contributed by atoms with Gasteiger partial charge in [0.1, 0.15) is 0 Å². The number of fused-ring (bicyclic) bond motifs is 1. The van der Waals surface area contributed by atoms with E-state index >= 15 is 0 Å². The predicted molar refractivity (Wildman–Crippen MR) is 165 cm³/mol. The normalized spacial score (nSPS) is 25.3. The van der Waals surface area contributed by atoms with Crippen molar-refractivity contribution in [2.45, 2.75) is 50.9 Å². The molecule has 5 aromatic carbocycles. The standard InChI is InChI=1S/C39H36/c1-26-17-33(30-7-3-2-4-8-30)22-34(18-26)31-11-13-32(14-12-31)35-15-16-38(37-10-6-5-9-36(35)37)39-23-27-19-28(24-39)21-29(20-27)25-39/h2-18,22,27-29H,19-21,23-25H2,1H3. The molecular formula is C39H36. The average molecular weight is 505 g/mol. The highest BCUT2D eigenvalue weighted by Crippen LogP contribution is 2.61. The van der Waals surface area contributed by atoms with Crippen LogP contribution in [0.1, 0.15) is 49.7 Å². The van der Waals surface area contributed by atoms with Gasteiger partial charge in [-0.05, 0) is 130 Å². The lowest BCUT2D eigenvalue weighted by atomic mass is 9.47. The zero-order chi connectivity index (χ0) is 26.0. The smallest absolute Gasteiger partial charge is 0.00329 e. The molecule has 0 unspecified atom stereocenters. The SMILES string of the molecule is Cc1cc(-c2ccccc2)cc(-c2ccc(-c3ccc(C45CC6CC(CC(C6)C4)C5)c4ccccc34)cc2)c1. The Kier molecular flexibility index (Phi) is 5.34. The van der Waals surface area contributed by atoms with Crippen molar-refractivity contribution in [3.05, 3.63) is 120 Å². The molecule has 0 radical (unpaired) electrons. The minimum Gasteiger partial charge on any atom is -0.0622 e. The van der Waals surface area contributed by atoms with Crippen molar-refractivity contribution >= 4 is 10.8 Å². The molecular weight excluding hydrogens is 468 g/mol. The summed E-state index contributed by atoms with van der Waals surface area (Å²) in [7, 11) is 0. The molecule has 0 aliphatic heterocycles. The summed E-state index contributed by atoms with van der Waals surface area (Å²) in [5.41, 5.74) is 11.1. The third kappa shape index (κ3) is 3.96. The maximum atomic E-state index is 2.52. The second-order valence-corrected chi connectivity index (χ2v) is 12.9. The van der Waals surface area contributed by atoms with Gasteiger partial charge in [-0.2, -0.15) is 0 Å². The maximum Gasteiger partial charge on any atom is -0.00329 e. The fourth-order valence-electron chi connectivity index (χ4n) is 9.04. The lowest BCUT2D eigenvalue weighted by molar-refractivity contribution is -0.00449. The van der Waals surface area contributed by atoms with Gasteiger partial charge in [0.05, 0.1) is 0 Å². The molecule has 0 nitrogen and oxygen atoms in total. The largest absolute Gasteiger partial charge is 0.0622 e. The van der Waals surface area contributed by atoms with Crippen LogP contribution in [0.4, 0.5) is 0 Å². The van der Waals surface area contributed by atoms with Crippen molar-refractivity contribution in [3.8, 4) is 33.4 Å². The molecule has 192 valence electrons. The first kappa shape index (κ1) is 23.3. The second kappa shape index (κ2) is 8.95. The van der Waals surface area contributed by atoms with E-state index in [0.29, 0.717) is 5.41 Å². The van der Waals surface area contributed by atoms with Gasteiger partial charge in [0, 0.05) is 0 Å². The van der Waals surface area contributed by atoms with Crippen LogP contribution < -0.4 is 0 Å². The minimum absolute atomic E-state index is 0.415. The molecule has 0 heterocycles. The van der Waals surface area contributed by atoms with Crippen molar-refractivity contribution in [2.75, 3.05) is 0 Å². The van der Waals surface area contributed by atoms with Gasteiger partial charge in [-0.3, -0.25) is 0 Å². The third-order valence-electron chi connectivity index (χ3n) is 10.2. The van der Waals surface area contributed by atoms with Gasteiger partial charge in [0.15, 0.2) is 0 Å². The molecule has 4 fully saturated rings. The fraction of sp³-hybridized carbons (Fsp3) is 0.282. The summed E-state index contributed by atoms with van der Waals surface area (Å²) in [6.07, 6.45) is 8.73. The Bertz CT molecular complexity index is 1640. The number of aryl methyl sites for hydroxylation is 1. The first-order valence-electron chi connectivity index (χ1n) is 14.9. The van der Waals surface area contributed by atoms with E-state index in [2.05, 4.69) is 116 Å². The Balaban J connectivity index is 1.17. The highest BCUT2D eigenvalue weighted by atomic mass is 14.6. The van der Waals surface area contributed by atoms with E-state index in [9.17, 15) is 0 Å². The van der Waals surface area contributed by atoms with Crippen LogP contribution in [0.3, 0.4) is 0 Å². The van der Waals surface area contributed by atoms with Crippen LogP contribution in [-0.2, 0) is 5.41 Å². The number of benzene rings is 5. The van der Waals surface area contributed by atoms with E-state index in [1.807, 2.05) is 0 Å². The van der Waals surface area contributed by atoms with E-state index in [-0.39, 0.29) is 0 Å². The molecule has 0 N–H and O–H groups in total. The van der Waals surface area contributed by atoms with Gasteiger partial charge in [-0.15, -0.1) is 0 Å². The number of hydrogen-bond acceptors (Lipinski definition) is 0. The van der Waals surface area contributed by atoms with Gasteiger partial charge >= 0.3 is 0 Å². The minimum atomic E-state index is 0.415. The lowest BCUT2D eigenvalue weighted by Gasteiger charge is -2.57. The van der Waals surface area contributed by atoms with E-state index in [1.54, 1.807) is 5.56 Å². The van der Waals surface area contributed by atoms with Crippen LogP contribution in [0.5, 0.6) is 0 Å². The Morgan fingerprint density at radius 3 is 1.67 bits per heavy atom. The molecule has 39 heavy (non-hydrogen) atoms. The van der Waals surface area contributed by atoms with Crippen LogP contribution in [0, 0.1) is 24.7 Å². The Morgan fingerprint density at radius 2 is 1.03 bits per heavy atom. The molecule has 4 aliphatic rings. The lowest BCUT2D eigenvalue weighted by Crippen LogP contribution is -2.48. The van der Waals surface area contributed by atoms with E-state index in [4.69, 9.17) is 0 Å². The monoisotopic (exact) mass is 504 g/mol. The van der Waals surface area contributed by atoms with Crippen LogP contribution in [0.2, 0.25) is 0 Å². The fourth-order valence-corrected chi connectivity index (χ4v) is 9.04. The second-order valence-electron chi connectivity index (χ2n) is 12.9.